The molecule has 3 aromatic rings. The lowest BCUT2D eigenvalue weighted by Gasteiger charge is -2.17. The van der Waals surface area contributed by atoms with Crippen molar-refractivity contribution in [2.45, 2.75) is 12.8 Å². The molecule has 3 aromatic carbocycles. The number of para-hydroxylation sites is 1. The van der Waals surface area contributed by atoms with E-state index in [9.17, 15) is 13.2 Å². The van der Waals surface area contributed by atoms with E-state index in [2.05, 4.69) is 5.92 Å². The van der Waals surface area contributed by atoms with E-state index in [-0.39, 0.29) is 12.2 Å². The van der Waals surface area contributed by atoms with Gasteiger partial charge in [0.15, 0.2) is 0 Å². The predicted molar refractivity (Wildman–Crippen MR) is 95.6 cm³/mol. The Kier molecular flexibility index (Phi) is 4.99. The Morgan fingerprint density at radius 3 is 2.23 bits per heavy atom. The summed E-state index contributed by atoms with van der Waals surface area (Å²) in [4.78, 5) is 0. The Balaban J connectivity index is 2.03. The second-order valence-electron chi connectivity index (χ2n) is 5.67. The zero-order valence-electron chi connectivity index (χ0n) is 13.8. The highest BCUT2D eigenvalue weighted by Crippen LogP contribution is 2.40. The molecule has 0 aliphatic rings. The fourth-order valence-electron chi connectivity index (χ4n) is 2.65. The number of halogens is 3. The van der Waals surface area contributed by atoms with Gasteiger partial charge in [0, 0.05) is 11.1 Å². The summed E-state index contributed by atoms with van der Waals surface area (Å²) in [7, 11) is 0. The molecule has 0 unspecified atom stereocenters. The van der Waals surface area contributed by atoms with Gasteiger partial charge in [0.2, 0.25) is 0 Å². The molecule has 0 aliphatic heterocycles. The number of rotatable bonds is 4. The molecule has 26 heavy (non-hydrogen) atoms. The monoisotopic (exact) mass is 352 g/mol. The van der Waals surface area contributed by atoms with Crippen LogP contribution in [0.1, 0.15) is 16.7 Å². The van der Waals surface area contributed by atoms with Crippen molar-refractivity contribution in [3.05, 3.63) is 89.5 Å². The molecule has 0 fully saturated rings. The molecule has 0 bridgehead atoms. The van der Waals surface area contributed by atoms with Crippen LogP contribution in [-0.4, -0.2) is 0 Å². The molecule has 0 atom stereocenters. The molecule has 0 saturated heterocycles. The summed E-state index contributed by atoms with van der Waals surface area (Å²) in [6.07, 6.45) is 0.875. The van der Waals surface area contributed by atoms with E-state index in [4.69, 9.17) is 11.2 Å². The van der Waals surface area contributed by atoms with Gasteiger partial charge >= 0.3 is 6.18 Å². The normalized spacial score (nSPS) is 11.0. The Labute approximate surface area is 150 Å². The van der Waals surface area contributed by atoms with Gasteiger partial charge in [-0.2, -0.15) is 13.2 Å². The largest absolute Gasteiger partial charge is 0.488 e. The SMILES string of the molecule is C#Cc1ccc(C(F)(F)F)c(-c2ccccc2OCc2ccccc2)c1. The molecule has 4 heteroatoms. The summed E-state index contributed by atoms with van der Waals surface area (Å²) in [5, 5.41) is 0. The highest BCUT2D eigenvalue weighted by molar-refractivity contribution is 5.75. The van der Waals surface area contributed by atoms with E-state index in [1.54, 1.807) is 24.3 Å². The summed E-state index contributed by atoms with van der Waals surface area (Å²) in [5.41, 5.74) is 0.929. The van der Waals surface area contributed by atoms with Gasteiger partial charge in [-0.05, 0) is 35.4 Å². The van der Waals surface area contributed by atoms with Crippen LogP contribution in [0.25, 0.3) is 11.1 Å². The van der Waals surface area contributed by atoms with Gasteiger partial charge in [-0.25, -0.2) is 0 Å². The fourth-order valence-corrected chi connectivity index (χ4v) is 2.65. The lowest BCUT2D eigenvalue weighted by molar-refractivity contribution is -0.137. The average Bonchev–Trinajstić information content (AvgIpc) is 2.66. The summed E-state index contributed by atoms with van der Waals surface area (Å²) in [5.74, 6) is 2.76. The van der Waals surface area contributed by atoms with Crippen molar-refractivity contribution in [3.8, 4) is 29.2 Å². The van der Waals surface area contributed by atoms with E-state index < -0.39 is 11.7 Å². The van der Waals surface area contributed by atoms with Crippen LogP contribution in [0.5, 0.6) is 5.75 Å². The second kappa shape index (κ2) is 7.37. The van der Waals surface area contributed by atoms with Crippen molar-refractivity contribution in [2.75, 3.05) is 0 Å². The molecule has 0 spiro atoms. The van der Waals surface area contributed by atoms with Crippen LogP contribution in [0.2, 0.25) is 0 Å². The number of benzene rings is 3. The zero-order chi connectivity index (χ0) is 18.6. The minimum Gasteiger partial charge on any atom is -0.488 e. The Bertz CT molecular complexity index is 938. The summed E-state index contributed by atoms with van der Waals surface area (Å²) >= 11 is 0. The standard InChI is InChI=1S/C22H15F3O/c1-2-16-12-13-20(22(23,24)25)19(14-16)18-10-6-7-11-21(18)26-15-17-8-4-3-5-9-17/h1,3-14H,15H2. The Morgan fingerprint density at radius 1 is 0.846 bits per heavy atom. The van der Waals surface area contributed by atoms with Gasteiger partial charge in [0.05, 0.1) is 5.56 Å². The first-order valence-electron chi connectivity index (χ1n) is 7.93. The topological polar surface area (TPSA) is 9.23 Å². The molecule has 0 N–H and O–H groups in total. The maximum atomic E-state index is 13.5. The predicted octanol–water partition coefficient (Wildman–Crippen LogP) is 5.93. The number of ether oxygens (including phenoxy) is 1. The molecule has 0 aliphatic carbocycles. The van der Waals surface area contributed by atoms with Crippen molar-refractivity contribution < 1.29 is 17.9 Å². The van der Waals surface area contributed by atoms with Crippen molar-refractivity contribution in [1.29, 1.82) is 0 Å². The summed E-state index contributed by atoms with van der Waals surface area (Å²) in [6.45, 7) is 0.258. The van der Waals surface area contributed by atoms with Crippen LogP contribution in [0.15, 0.2) is 72.8 Å². The maximum Gasteiger partial charge on any atom is 0.417 e. The van der Waals surface area contributed by atoms with E-state index in [1.807, 2.05) is 30.3 Å². The zero-order valence-corrected chi connectivity index (χ0v) is 13.8. The first-order valence-corrected chi connectivity index (χ1v) is 7.93. The molecular weight excluding hydrogens is 337 g/mol. The minimum absolute atomic E-state index is 0.0108. The lowest BCUT2D eigenvalue weighted by atomic mass is 9.96. The molecular formula is C22H15F3O. The third-order valence-corrected chi connectivity index (χ3v) is 3.91. The Morgan fingerprint density at radius 2 is 1.54 bits per heavy atom. The van der Waals surface area contributed by atoms with Crippen LogP contribution in [0, 0.1) is 12.3 Å². The van der Waals surface area contributed by atoms with Gasteiger partial charge in [-0.15, -0.1) is 6.42 Å². The maximum absolute atomic E-state index is 13.5. The van der Waals surface area contributed by atoms with Crippen LogP contribution in [0.4, 0.5) is 13.2 Å². The number of hydrogen-bond donors (Lipinski definition) is 0. The van der Waals surface area contributed by atoms with Gasteiger partial charge in [-0.1, -0.05) is 54.5 Å². The smallest absolute Gasteiger partial charge is 0.417 e. The molecule has 1 nitrogen and oxygen atoms in total. The van der Waals surface area contributed by atoms with E-state index in [1.165, 1.54) is 12.1 Å². The summed E-state index contributed by atoms with van der Waals surface area (Å²) in [6, 6.07) is 19.8. The minimum atomic E-state index is -4.49. The van der Waals surface area contributed by atoms with Crippen LogP contribution >= 0.6 is 0 Å². The first kappa shape index (κ1) is 17.6. The van der Waals surface area contributed by atoms with Gasteiger partial charge in [-0.3, -0.25) is 0 Å². The average molecular weight is 352 g/mol. The van der Waals surface area contributed by atoms with E-state index in [0.29, 0.717) is 16.9 Å². The number of hydrogen-bond acceptors (Lipinski definition) is 1. The van der Waals surface area contributed by atoms with Crippen molar-refractivity contribution in [1.82, 2.24) is 0 Å². The van der Waals surface area contributed by atoms with Gasteiger partial charge in [0.25, 0.3) is 0 Å². The van der Waals surface area contributed by atoms with Crippen LogP contribution in [-0.2, 0) is 12.8 Å². The molecule has 0 radical (unpaired) electrons. The number of terminal acetylenes is 1. The quantitative estimate of drug-likeness (QED) is 0.529. The second-order valence-corrected chi connectivity index (χ2v) is 5.67. The number of alkyl halides is 3. The fraction of sp³-hybridized carbons (Fsp3) is 0.0909. The third kappa shape index (κ3) is 3.89. The molecule has 0 amide bonds. The van der Waals surface area contributed by atoms with Crippen molar-refractivity contribution in [3.63, 3.8) is 0 Å². The molecule has 0 saturated carbocycles. The van der Waals surface area contributed by atoms with Gasteiger partial charge in [0.1, 0.15) is 12.4 Å². The van der Waals surface area contributed by atoms with Crippen LogP contribution in [0.3, 0.4) is 0 Å². The molecule has 3 rings (SSSR count). The molecule has 130 valence electrons. The lowest BCUT2D eigenvalue weighted by Crippen LogP contribution is -2.08. The van der Waals surface area contributed by atoms with Gasteiger partial charge < -0.3 is 4.74 Å². The molecule has 0 heterocycles. The first-order chi connectivity index (χ1) is 12.5. The highest BCUT2D eigenvalue weighted by atomic mass is 19.4. The van der Waals surface area contributed by atoms with E-state index in [0.717, 1.165) is 11.6 Å². The molecule has 0 aromatic heterocycles. The van der Waals surface area contributed by atoms with E-state index >= 15 is 0 Å². The van der Waals surface area contributed by atoms with Crippen molar-refractivity contribution >= 4 is 0 Å². The Hall–Kier alpha value is -3.19. The third-order valence-electron chi connectivity index (χ3n) is 3.91. The highest BCUT2D eigenvalue weighted by Gasteiger charge is 2.34. The van der Waals surface area contributed by atoms with Crippen LogP contribution < -0.4 is 4.74 Å². The summed E-state index contributed by atoms with van der Waals surface area (Å²) < 4.78 is 46.2. The van der Waals surface area contributed by atoms with Crippen molar-refractivity contribution in [2.24, 2.45) is 0 Å².